The fourth-order valence-electron chi connectivity index (χ4n) is 6.24. The van der Waals surface area contributed by atoms with Crippen LogP contribution in [-0.2, 0) is 36.8 Å². The lowest BCUT2D eigenvalue weighted by atomic mass is 9.93. The maximum atomic E-state index is 14.2. The van der Waals surface area contributed by atoms with E-state index in [1.165, 1.54) is 13.0 Å². The lowest BCUT2D eigenvalue weighted by Crippen LogP contribution is -2.61. The van der Waals surface area contributed by atoms with Crippen molar-refractivity contribution < 1.29 is 34.2 Å². The molecule has 2 aromatic rings. The smallest absolute Gasteiger partial charge is 0.243 e. The van der Waals surface area contributed by atoms with E-state index in [0.29, 0.717) is 42.5 Å². The Bertz CT molecular complexity index is 1580. The number of aromatic hydroxyl groups is 1. The summed E-state index contributed by atoms with van der Waals surface area (Å²) in [5.74, 6) is -4.04. The number of carbonyl (C=O) groups is 5. The van der Waals surface area contributed by atoms with Gasteiger partial charge in [0.2, 0.25) is 29.5 Å². The maximum absolute atomic E-state index is 14.2. The van der Waals surface area contributed by atoms with E-state index >= 15 is 0 Å². The Morgan fingerprint density at radius 3 is 2.28 bits per heavy atom. The highest BCUT2D eigenvalue weighted by Gasteiger charge is 2.36. The van der Waals surface area contributed by atoms with Gasteiger partial charge in [-0.05, 0) is 73.2 Å². The number of phenols is 1. The molecule has 1 aliphatic heterocycles. The van der Waals surface area contributed by atoms with Crippen molar-refractivity contribution in [1.29, 1.82) is 0 Å². The first-order valence-electron chi connectivity index (χ1n) is 18.4. The van der Waals surface area contributed by atoms with Crippen LogP contribution in [0.25, 0.3) is 11.1 Å². The molecule has 0 aliphatic carbocycles. The van der Waals surface area contributed by atoms with Crippen LogP contribution in [0, 0.1) is 5.92 Å². The number of phenolic OH excluding ortho intramolecular Hbond substituents is 1. The predicted octanol–water partition coefficient (Wildman–Crippen LogP) is -2.68. The number of aliphatic hydroxyl groups is 1. The number of hydrogen-bond donors (Lipinski definition) is 12. The molecule has 0 saturated carbocycles. The molecule has 7 atom stereocenters. The Balaban J connectivity index is 2.01. The molecule has 0 fully saturated rings. The molecule has 17 N–H and O–H groups in total. The largest absolute Gasteiger partial charge is 0.508 e. The number of benzene rings is 2. The van der Waals surface area contributed by atoms with E-state index in [9.17, 15) is 34.2 Å². The van der Waals surface area contributed by atoms with Gasteiger partial charge < -0.3 is 65.5 Å². The van der Waals surface area contributed by atoms with Gasteiger partial charge in [0.15, 0.2) is 0 Å². The molecule has 17 heteroatoms. The molecule has 0 spiro atoms. The van der Waals surface area contributed by atoms with Crippen molar-refractivity contribution in [2.45, 2.75) is 88.2 Å². The number of hydrogen-bond acceptors (Lipinski definition) is 12. The third-order valence-corrected chi connectivity index (χ3v) is 9.47. The molecule has 298 valence electrons. The molecule has 1 heterocycles. The molecule has 5 amide bonds. The van der Waals surface area contributed by atoms with Gasteiger partial charge in [-0.3, -0.25) is 24.0 Å². The Kier molecular flexibility index (Phi) is 17.7. The van der Waals surface area contributed by atoms with Crippen LogP contribution in [0.5, 0.6) is 5.75 Å². The number of aliphatic hydroxyl groups excluding tert-OH is 1. The van der Waals surface area contributed by atoms with Crippen LogP contribution in [0.3, 0.4) is 0 Å². The van der Waals surface area contributed by atoms with Crippen LogP contribution in [0.2, 0.25) is 0 Å². The van der Waals surface area contributed by atoms with Crippen molar-refractivity contribution in [3.05, 3.63) is 53.6 Å². The van der Waals surface area contributed by atoms with Crippen LogP contribution in [0.15, 0.2) is 42.5 Å². The summed E-state index contributed by atoms with van der Waals surface area (Å²) in [4.78, 5) is 67.9. The van der Waals surface area contributed by atoms with Crippen molar-refractivity contribution in [3.8, 4) is 16.9 Å². The molecule has 17 nitrogen and oxygen atoms in total. The number of fused-ring (bicyclic) bond motifs is 5. The van der Waals surface area contributed by atoms with Crippen molar-refractivity contribution in [2.75, 3.05) is 32.7 Å². The zero-order valence-corrected chi connectivity index (χ0v) is 30.9. The molecule has 2 aromatic carbocycles. The van der Waals surface area contributed by atoms with Crippen LogP contribution in [-0.4, -0.2) is 109 Å². The molecule has 0 saturated heterocycles. The summed E-state index contributed by atoms with van der Waals surface area (Å²) in [5, 5.41) is 34.9. The number of nitrogens with two attached hydrogens (primary N) is 5. The van der Waals surface area contributed by atoms with E-state index in [-0.39, 0.29) is 63.5 Å². The number of rotatable bonds is 17. The summed E-state index contributed by atoms with van der Waals surface area (Å²) in [7, 11) is 0. The van der Waals surface area contributed by atoms with Gasteiger partial charge in [-0.15, -0.1) is 0 Å². The van der Waals surface area contributed by atoms with E-state index in [1.807, 2.05) is 12.1 Å². The lowest BCUT2D eigenvalue weighted by molar-refractivity contribution is -0.135. The van der Waals surface area contributed by atoms with Crippen LogP contribution in [0.4, 0.5) is 0 Å². The van der Waals surface area contributed by atoms with Gasteiger partial charge in [0.1, 0.15) is 23.9 Å². The van der Waals surface area contributed by atoms with E-state index in [4.69, 9.17) is 28.7 Å². The molecular formula is C37H58N10O7. The van der Waals surface area contributed by atoms with Gasteiger partial charge in [0.05, 0.1) is 12.1 Å². The highest BCUT2D eigenvalue weighted by atomic mass is 16.3. The molecule has 0 radical (unpaired) electrons. The van der Waals surface area contributed by atoms with Crippen molar-refractivity contribution >= 4 is 29.5 Å². The molecule has 0 aromatic heterocycles. The quantitative estimate of drug-likeness (QED) is 0.0787. The molecule has 4 bridgehead atoms. The number of amides is 5. The number of carbonyl (C=O) groups excluding carboxylic acids is 5. The van der Waals surface area contributed by atoms with E-state index in [2.05, 4.69) is 26.6 Å². The molecule has 54 heavy (non-hydrogen) atoms. The van der Waals surface area contributed by atoms with Crippen LogP contribution in [0.1, 0.15) is 50.2 Å². The summed E-state index contributed by atoms with van der Waals surface area (Å²) in [5.41, 5.74) is 31.5. The molecule has 1 aliphatic rings. The van der Waals surface area contributed by atoms with Crippen molar-refractivity contribution in [1.82, 2.24) is 26.6 Å². The summed E-state index contributed by atoms with van der Waals surface area (Å²) < 4.78 is 0. The Labute approximate surface area is 315 Å². The van der Waals surface area contributed by atoms with Crippen molar-refractivity contribution in [2.24, 2.45) is 34.6 Å². The monoisotopic (exact) mass is 754 g/mol. The Morgan fingerprint density at radius 2 is 1.59 bits per heavy atom. The van der Waals surface area contributed by atoms with Gasteiger partial charge in [0.25, 0.3) is 0 Å². The second kappa shape index (κ2) is 21.9. The fourth-order valence-corrected chi connectivity index (χ4v) is 6.24. The second-order valence-corrected chi connectivity index (χ2v) is 13.7. The van der Waals surface area contributed by atoms with E-state index in [1.54, 1.807) is 24.3 Å². The normalized spacial score (nSPS) is 19.8. The first-order valence-corrected chi connectivity index (χ1v) is 18.4. The third-order valence-electron chi connectivity index (χ3n) is 9.47. The van der Waals surface area contributed by atoms with Crippen molar-refractivity contribution in [3.63, 3.8) is 0 Å². The average Bonchev–Trinajstić information content (AvgIpc) is 3.16. The first kappa shape index (κ1) is 43.8. The average molecular weight is 755 g/mol. The summed E-state index contributed by atoms with van der Waals surface area (Å²) in [6.45, 7) is 2.41. The van der Waals surface area contributed by atoms with E-state index < -0.39 is 65.9 Å². The minimum atomic E-state index is -1.38. The fraction of sp³-hybridized carbons (Fsp3) is 0.541. The molecular weight excluding hydrogens is 696 g/mol. The lowest BCUT2D eigenvalue weighted by Gasteiger charge is -2.30. The molecule has 1 unspecified atom stereocenters. The molecule has 3 rings (SSSR count). The number of nitrogens with one attached hydrogen (secondary N) is 5. The predicted molar refractivity (Wildman–Crippen MR) is 204 cm³/mol. The standard InChI is InChI=1S/C37H58N10O7/c1-21(31(49)20-41)33-37(54)46-29(16-22-5-2-6-23(15-22)24-9-10-30(48)25(17-24)18-27(42)34(51)47-33)36(53)45-28(8-4-12-39)35(52)44-26(7-3-11-38)19-32(50)43-14-13-40/h2,5-6,9-10,15,17,21,26-29,31,33,48-49H,3-4,7-8,11-14,16,18-20,38-42H2,1H3,(H,43,50)(H,44,52)(H,45,53)(H,46,54)(H,47,51)/t21-,26-,27-,28-,29?,31-,33-/m0/s1. The SMILES string of the molecule is C[C@H]([C@@H]1NC(=O)[C@@H](N)Cc2cc(ccc2O)-c2cccc(c2)CC(C(=O)N[C@@H](CCCN)C(=O)N[C@@H](CCCN)CC(=O)NCCN)NC1=O)[C@@H](O)CN. The minimum absolute atomic E-state index is 0.0234. The first-order chi connectivity index (χ1) is 25.8. The van der Waals surface area contributed by atoms with Crippen LogP contribution >= 0.6 is 0 Å². The summed E-state index contributed by atoms with van der Waals surface area (Å²) in [6, 6.07) is 6.67. The Morgan fingerprint density at radius 1 is 0.889 bits per heavy atom. The van der Waals surface area contributed by atoms with E-state index in [0.717, 1.165) is 5.56 Å². The zero-order valence-electron chi connectivity index (χ0n) is 30.9. The van der Waals surface area contributed by atoms with Gasteiger partial charge in [-0.25, -0.2) is 0 Å². The summed E-state index contributed by atoms with van der Waals surface area (Å²) >= 11 is 0. The Hall–Kier alpha value is -4.65. The second-order valence-electron chi connectivity index (χ2n) is 13.7. The topological polar surface area (TPSA) is 316 Å². The zero-order chi connectivity index (χ0) is 39.8. The van der Waals surface area contributed by atoms with Gasteiger partial charge >= 0.3 is 0 Å². The maximum Gasteiger partial charge on any atom is 0.243 e. The summed E-state index contributed by atoms with van der Waals surface area (Å²) in [6.07, 6.45) is 0.158. The van der Waals surface area contributed by atoms with Crippen LogP contribution < -0.4 is 55.3 Å². The minimum Gasteiger partial charge on any atom is -0.508 e. The van der Waals surface area contributed by atoms with Gasteiger partial charge in [-0.2, -0.15) is 0 Å². The highest BCUT2D eigenvalue weighted by molar-refractivity contribution is 5.95. The highest BCUT2D eigenvalue weighted by Crippen LogP contribution is 2.28. The van der Waals surface area contributed by atoms with Gasteiger partial charge in [-0.1, -0.05) is 37.3 Å². The third kappa shape index (κ3) is 13.0. The van der Waals surface area contributed by atoms with Gasteiger partial charge in [0, 0.05) is 50.9 Å².